The minimum Gasteiger partial charge on any atom is -0.393 e. The van der Waals surface area contributed by atoms with Crippen LogP contribution in [0.4, 0.5) is 0 Å². The maximum Gasteiger partial charge on any atom is 0.0580 e. The Hall–Kier alpha value is -0.600. The standard InChI is InChI=1S/C14H25NO/c1-4-8-15(9-5-2)11-13-10-12(3)6-7-14(13)16/h4-5,12-14,16H,1-2,6-11H2,3H3. The lowest BCUT2D eigenvalue weighted by molar-refractivity contribution is 0.0344. The summed E-state index contributed by atoms with van der Waals surface area (Å²) in [5.74, 6) is 1.17. The van der Waals surface area contributed by atoms with Gasteiger partial charge in [-0.2, -0.15) is 0 Å². The van der Waals surface area contributed by atoms with Gasteiger partial charge in [0.1, 0.15) is 0 Å². The van der Waals surface area contributed by atoms with E-state index in [4.69, 9.17) is 0 Å². The van der Waals surface area contributed by atoms with Crippen molar-refractivity contribution in [2.75, 3.05) is 19.6 Å². The van der Waals surface area contributed by atoms with Crippen LogP contribution in [0.2, 0.25) is 0 Å². The summed E-state index contributed by atoms with van der Waals surface area (Å²) in [4.78, 5) is 2.30. The topological polar surface area (TPSA) is 23.5 Å². The fourth-order valence-electron chi connectivity index (χ4n) is 2.60. The molecular formula is C14H25NO. The normalized spacial score (nSPS) is 30.3. The Kier molecular flexibility index (Phi) is 5.78. The zero-order chi connectivity index (χ0) is 12.0. The van der Waals surface area contributed by atoms with Crippen molar-refractivity contribution in [3.8, 4) is 0 Å². The minimum atomic E-state index is -0.117. The number of rotatable bonds is 6. The van der Waals surface area contributed by atoms with E-state index >= 15 is 0 Å². The first-order valence-corrected chi connectivity index (χ1v) is 6.29. The third kappa shape index (κ3) is 4.11. The van der Waals surface area contributed by atoms with E-state index in [9.17, 15) is 5.11 Å². The summed E-state index contributed by atoms with van der Waals surface area (Å²) < 4.78 is 0. The van der Waals surface area contributed by atoms with Gasteiger partial charge in [0, 0.05) is 19.6 Å². The number of nitrogens with zero attached hydrogens (tertiary/aromatic N) is 1. The van der Waals surface area contributed by atoms with Gasteiger partial charge in [0.25, 0.3) is 0 Å². The van der Waals surface area contributed by atoms with E-state index in [1.54, 1.807) is 0 Å². The van der Waals surface area contributed by atoms with E-state index in [2.05, 4.69) is 25.0 Å². The van der Waals surface area contributed by atoms with Gasteiger partial charge in [-0.15, -0.1) is 13.2 Å². The van der Waals surface area contributed by atoms with Crippen LogP contribution in [0.25, 0.3) is 0 Å². The molecule has 2 nitrogen and oxygen atoms in total. The highest BCUT2D eigenvalue weighted by atomic mass is 16.3. The Morgan fingerprint density at radius 2 is 1.88 bits per heavy atom. The van der Waals surface area contributed by atoms with Crippen LogP contribution in [0, 0.1) is 11.8 Å². The van der Waals surface area contributed by atoms with Crippen LogP contribution in [0.15, 0.2) is 25.3 Å². The summed E-state index contributed by atoms with van der Waals surface area (Å²) in [7, 11) is 0. The lowest BCUT2D eigenvalue weighted by atomic mass is 9.80. The van der Waals surface area contributed by atoms with Crippen LogP contribution in [-0.4, -0.2) is 35.7 Å². The van der Waals surface area contributed by atoms with Gasteiger partial charge in [-0.1, -0.05) is 19.1 Å². The Bertz CT molecular complexity index is 217. The summed E-state index contributed by atoms with van der Waals surface area (Å²) >= 11 is 0. The summed E-state index contributed by atoms with van der Waals surface area (Å²) in [6, 6.07) is 0. The molecule has 0 bridgehead atoms. The quantitative estimate of drug-likeness (QED) is 0.699. The predicted molar refractivity (Wildman–Crippen MR) is 69.3 cm³/mol. The van der Waals surface area contributed by atoms with Gasteiger partial charge in [0.2, 0.25) is 0 Å². The van der Waals surface area contributed by atoms with Crippen LogP contribution in [0.3, 0.4) is 0 Å². The monoisotopic (exact) mass is 223 g/mol. The Morgan fingerprint density at radius 1 is 1.25 bits per heavy atom. The van der Waals surface area contributed by atoms with Crippen LogP contribution >= 0.6 is 0 Å². The molecule has 1 aliphatic rings. The summed E-state index contributed by atoms with van der Waals surface area (Å²) in [5, 5.41) is 9.99. The van der Waals surface area contributed by atoms with E-state index in [-0.39, 0.29) is 6.10 Å². The van der Waals surface area contributed by atoms with E-state index in [0.717, 1.165) is 38.4 Å². The fraction of sp³-hybridized carbons (Fsp3) is 0.714. The third-order valence-corrected chi connectivity index (χ3v) is 3.47. The van der Waals surface area contributed by atoms with Gasteiger partial charge in [0.05, 0.1) is 6.10 Å². The minimum absolute atomic E-state index is 0.117. The fourth-order valence-corrected chi connectivity index (χ4v) is 2.60. The first-order chi connectivity index (χ1) is 7.67. The number of hydrogen-bond donors (Lipinski definition) is 1. The predicted octanol–water partition coefficient (Wildman–Crippen LogP) is 2.46. The van der Waals surface area contributed by atoms with E-state index in [1.807, 2.05) is 12.2 Å². The second kappa shape index (κ2) is 6.87. The molecule has 0 heterocycles. The maximum absolute atomic E-state index is 9.99. The highest BCUT2D eigenvalue weighted by molar-refractivity contribution is 4.85. The van der Waals surface area contributed by atoms with Gasteiger partial charge >= 0.3 is 0 Å². The molecule has 0 saturated heterocycles. The van der Waals surface area contributed by atoms with E-state index in [0.29, 0.717) is 5.92 Å². The molecule has 1 N–H and O–H groups in total. The summed E-state index contributed by atoms with van der Waals surface area (Å²) in [5.41, 5.74) is 0. The molecule has 0 aliphatic heterocycles. The lowest BCUT2D eigenvalue weighted by Crippen LogP contribution is -2.38. The molecule has 0 aromatic rings. The second-order valence-electron chi connectivity index (χ2n) is 5.04. The molecule has 2 heteroatoms. The smallest absolute Gasteiger partial charge is 0.0580 e. The van der Waals surface area contributed by atoms with Gasteiger partial charge in [-0.25, -0.2) is 0 Å². The average Bonchev–Trinajstić information content (AvgIpc) is 2.24. The van der Waals surface area contributed by atoms with Crippen LogP contribution in [0.1, 0.15) is 26.2 Å². The van der Waals surface area contributed by atoms with Crippen molar-refractivity contribution in [2.45, 2.75) is 32.3 Å². The van der Waals surface area contributed by atoms with Crippen molar-refractivity contribution in [3.05, 3.63) is 25.3 Å². The second-order valence-corrected chi connectivity index (χ2v) is 5.04. The molecule has 0 spiro atoms. The molecule has 1 aliphatic carbocycles. The van der Waals surface area contributed by atoms with Gasteiger partial charge in [-0.3, -0.25) is 4.90 Å². The molecule has 16 heavy (non-hydrogen) atoms. The molecule has 3 unspecified atom stereocenters. The van der Waals surface area contributed by atoms with Crippen molar-refractivity contribution < 1.29 is 5.11 Å². The molecule has 0 aromatic heterocycles. The highest BCUT2D eigenvalue weighted by Crippen LogP contribution is 2.29. The Labute approximate surface area is 99.7 Å². The Morgan fingerprint density at radius 3 is 2.44 bits per heavy atom. The Balaban J connectivity index is 2.47. The zero-order valence-electron chi connectivity index (χ0n) is 10.4. The van der Waals surface area contributed by atoms with Crippen LogP contribution in [-0.2, 0) is 0 Å². The molecule has 1 rings (SSSR count). The van der Waals surface area contributed by atoms with Gasteiger partial charge in [0.15, 0.2) is 0 Å². The van der Waals surface area contributed by atoms with Gasteiger partial charge < -0.3 is 5.11 Å². The lowest BCUT2D eigenvalue weighted by Gasteiger charge is -2.35. The maximum atomic E-state index is 9.99. The highest BCUT2D eigenvalue weighted by Gasteiger charge is 2.27. The van der Waals surface area contributed by atoms with Crippen molar-refractivity contribution in [3.63, 3.8) is 0 Å². The van der Waals surface area contributed by atoms with Crippen LogP contribution < -0.4 is 0 Å². The van der Waals surface area contributed by atoms with Gasteiger partial charge in [-0.05, 0) is 31.1 Å². The van der Waals surface area contributed by atoms with Crippen molar-refractivity contribution in [2.24, 2.45) is 11.8 Å². The molecule has 92 valence electrons. The average molecular weight is 223 g/mol. The molecular weight excluding hydrogens is 198 g/mol. The summed E-state index contributed by atoms with van der Waals surface area (Å²) in [6.45, 7) is 12.5. The van der Waals surface area contributed by atoms with E-state index < -0.39 is 0 Å². The SMILES string of the molecule is C=CCN(CC=C)CC1CC(C)CCC1O. The van der Waals surface area contributed by atoms with Crippen molar-refractivity contribution in [1.29, 1.82) is 0 Å². The molecule has 1 saturated carbocycles. The molecule has 0 amide bonds. The molecule has 0 radical (unpaired) electrons. The largest absolute Gasteiger partial charge is 0.393 e. The number of aliphatic hydroxyl groups is 1. The molecule has 1 fully saturated rings. The van der Waals surface area contributed by atoms with E-state index in [1.165, 1.54) is 6.42 Å². The van der Waals surface area contributed by atoms with Crippen molar-refractivity contribution >= 4 is 0 Å². The molecule has 3 atom stereocenters. The van der Waals surface area contributed by atoms with Crippen LogP contribution in [0.5, 0.6) is 0 Å². The number of aliphatic hydroxyl groups excluding tert-OH is 1. The zero-order valence-corrected chi connectivity index (χ0v) is 10.4. The first kappa shape index (κ1) is 13.5. The summed E-state index contributed by atoms with van der Waals surface area (Å²) in [6.07, 6.45) is 6.99. The third-order valence-electron chi connectivity index (χ3n) is 3.47. The molecule has 0 aromatic carbocycles. The first-order valence-electron chi connectivity index (χ1n) is 6.29. The number of hydrogen-bond acceptors (Lipinski definition) is 2. The van der Waals surface area contributed by atoms with Crippen molar-refractivity contribution in [1.82, 2.24) is 4.90 Å².